The van der Waals surface area contributed by atoms with Gasteiger partial charge in [-0.2, -0.15) is 18.4 Å². The number of hydrogen-bond acceptors (Lipinski definition) is 5. The second-order valence-electron chi connectivity index (χ2n) is 8.87. The van der Waals surface area contributed by atoms with Gasteiger partial charge >= 0.3 is 6.18 Å². The van der Waals surface area contributed by atoms with Crippen LogP contribution in [0.3, 0.4) is 0 Å². The van der Waals surface area contributed by atoms with E-state index in [0.29, 0.717) is 35.1 Å². The third-order valence-corrected chi connectivity index (χ3v) is 6.59. The summed E-state index contributed by atoms with van der Waals surface area (Å²) in [4.78, 5) is 16.6. The molecule has 36 heavy (non-hydrogen) atoms. The molecule has 1 aliphatic rings. The number of pyridine rings is 1. The topological polar surface area (TPSA) is 89.3 Å². The highest BCUT2D eigenvalue weighted by molar-refractivity contribution is 5.66. The molecular weight excluding hydrogens is 471 g/mol. The molecule has 0 unspecified atom stereocenters. The largest absolute Gasteiger partial charge is 0.530 e. The zero-order valence-electron chi connectivity index (χ0n) is 19.3. The van der Waals surface area contributed by atoms with E-state index >= 15 is 0 Å². The fourth-order valence-electron chi connectivity index (χ4n) is 4.55. The fraction of sp³-hybridized carbons (Fsp3) is 0.296. The number of carbonyl (C=O) groups is 1. The van der Waals surface area contributed by atoms with Gasteiger partial charge in [0.25, 0.3) is 0 Å². The Kier molecular flexibility index (Phi) is 7.27. The van der Waals surface area contributed by atoms with E-state index in [9.17, 15) is 23.1 Å². The lowest BCUT2D eigenvalue weighted by Crippen LogP contribution is -2.51. The summed E-state index contributed by atoms with van der Waals surface area (Å²) in [6.45, 7) is 0.714. The summed E-state index contributed by atoms with van der Waals surface area (Å²) in [6, 6.07) is 15.8. The Morgan fingerprint density at radius 3 is 2.31 bits per heavy atom. The van der Waals surface area contributed by atoms with Gasteiger partial charge in [-0.3, -0.25) is 4.98 Å². The van der Waals surface area contributed by atoms with Crippen LogP contribution in [-0.4, -0.2) is 35.7 Å². The van der Waals surface area contributed by atoms with Crippen LogP contribution in [0.2, 0.25) is 0 Å². The molecule has 1 amide bonds. The number of carboxylic acid groups (broad SMARTS) is 1. The van der Waals surface area contributed by atoms with Crippen LogP contribution < -0.4 is 5.11 Å². The SMILES string of the molecule is N#Cc1ccc(-c2cc(COCC3(c4ccncc4)CCN(C(=O)[O-])CC3)cc(C(F)(F)F)c2)cc1. The van der Waals surface area contributed by atoms with Crippen molar-refractivity contribution in [2.45, 2.75) is 31.0 Å². The maximum absolute atomic E-state index is 13.6. The summed E-state index contributed by atoms with van der Waals surface area (Å²) in [5, 5.41) is 20.3. The summed E-state index contributed by atoms with van der Waals surface area (Å²) >= 11 is 0. The molecule has 0 aliphatic carbocycles. The van der Waals surface area contributed by atoms with E-state index in [1.54, 1.807) is 42.7 Å². The summed E-state index contributed by atoms with van der Waals surface area (Å²) in [7, 11) is 0. The second kappa shape index (κ2) is 10.4. The first-order valence-electron chi connectivity index (χ1n) is 11.4. The predicted octanol–water partition coefficient (Wildman–Crippen LogP) is 4.53. The van der Waals surface area contributed by atoms with Crippen molar-refractivity contribution in [2.24, 2.45) is 0 Å². The lowest BCUT2D eigenvalue weighted by Gasteiger charge is -2.43. The van der Waals surface area contributed by atoms with E-state index in [4.69, 9.17) is 10.00 Å². The average Bonchev–Trinajstić information content (AvgIpc) is 2.89. The van der Waals surface area contributed by atoms with Crippen molar-refractivity contribution >= 4 is 6.09 Å². The second-order valence-corrected chi connectivity index (χ2v) is 8.87. The molecule has 2 aromatic carbocycles. The molecular formula is C27H23F3N3O3-. The number of carbonyl (C=O) groups excluding carboxylic acids is 1. The highest BCUT2D eigenvalue weighted by Gasteiger charge is 2.37. The van der Waals surface area contributed by atoms with Gasteiger partial charge in [0.2, 0.25) is 0 Å². The number of rotatable bonds is 6. The Morgan fingerprint density at radius 2 is 1.72 bits per heavy atom. The van der Waals surface area contributed by atoms with E-state index in [1.807, 2.05) is 18.2 Å². The number of halogens is 3. The maximum atomic E-state index is 13.6. The molecule has 0 radical (unpaired) electrons. The number of amides is 1. The van der Waals surface area contributed by atoms with Gasteiger partial charge in [0.15, 0.2) is 0 Å². The number of nitriles is 1. The van der Waals surface area contributed by atoms with Gasteiger partial charge in [-0.1, -0.05) is 12.1 Å². The Balaban J connectivity index is 1.56. The molecule has 1 saturated heterocycles. The van der Waals surface area contributed by atoms with Gasteiger partial charge in [0.05, 0.1) is 30.4 Å². The number of benzene rings is 2. The quantitative estimate of drug-likeness (QED) is 0.502. The Labute approximate surface area is 206 Å². The molecule has 186 valence electrons. The number of aromatic nitrogens is 1. The first-order valence-corrected chi connectivity index (χ1v) is 11.4. The highest BCUT2D eigenvalue weighted by atomic mass is 19.4. The van der Waals surface area contributed by atoms with Gasteiger partial charge in [-0.05, 0) is 77.6 Å². The minimum Gasteiger partial charge on any atom is -0.530 e. The summed E-state index contributed by atoms with van der Waals surface area (Å²) in [5.41, 5.74) is 1.38. The lowest BCUT2D eigenvalue weighted by molar-refractivity contribution is -0.267. The highest BCUT2D eigenvalue weighted by Crippen LogP contribution is 2.37. The van der Waals surface area contributed by atoms with Crippen LogP contribution >= 0.6 is 0 Å². The third-order valence-electron chi connectivity index (χ3n) is 6.59. The number of likely N-dealkylation sites (tertiary alicyclic amines) is 1. The molecule has 6 nitrogen and oxygen atoms in total. The first kappa shape index (κ1) is 25.2. The van der Waals surface area contributed by atoms with Crippen LogP contribution in [-0.2, 0) is 22.9 Å². The van der Waals surface area contributed by atoms with Crippen LogP contribution in [0.15, 0.2) is 67.0 Å². The fourth-order valence-corrected chi connectivity index (χ4v) is 4.55. The molecule has 3 aromatic rings. The minimum absolute atomic E-state index is 0.0514. The van der Waals surface area contributed by atoms with E-state index < -0.39 is 23.2 Å². The summed E-state index contributed by atoms with van der Waals surface area (Å²) in [5.74, 6) is 0. The molecule has 2 heterocycles. The number of alkyl halides is 3. The van der Waals surface area contributed by atoms with E-state index in [1.165, 1.54) is 4.90 Å². The van der Waals surface area contributed by atoms with Crippen LogP contribution in [0.4, 0.5) is 18.0 Å². The van der Waals surface area contributed by atoms with Gasteiger partial charge in [-0.25, -0.2) is 0 Å². The van der Waals surface area contributed by atoms with Crippen LogP contribution in [0, 0.1) is 11.3 Å². The van der Waals surface area contributed by atoms with Crippen molar-refractivity contribution in [1.29, 1.82) is 5.26 Å². The van der Waals surface area contributed by atoms with Crippen molar-refractivity contribution in [3.8, 4) is 17.2 Å². The van der Waals surface area contributed by atoms with Gasteiger partial charge in [0, 0.05) is 30.9 Å². The molecule has 4 rings (SSSR count). The minimum atomic E-state index is -4.53. The normalized spacial score (nSPS) is 15.3. The van der Waals surface area contributed by atoms with Crippen molar-refractivity contribution in [3.63, 3.8) is 0 Å². The monoisotopic (exact) mass is 494 g/mol. The van der Waals surface area contributed by atoms with Crippen LogP contribution in [0.5, 0.6) is 0 Å². The lowest BCUT2D eigenvalue weighted by atomic mass is 9.73. The van der Waals surface area contributed by atoms with Crippen LogP contribution in [0.25, 0.3) is 11.1 Å². The van der Waals surface area contributed by atoms with Crippen LogP contribution in [0.1, 0.15) is 35.1 Å². The summed E-state index contributed by atoms with van der Waals surface area (Å²) < 4.78 is 46.9. The van der Waals surface area contributed by atoms with Crippen molar-refractivity contribution < 1.29 is 27.8 Å². The van der Waals surface area contributed by atoms with Crippen molar-refractivity contribution in [1.82, 2.24) is 9.88 Å². The molecule has 9 heteroatoms. The zero-order valence-corrected chi connectivity index (χ0v) is 19.3. The van der Waals surface area contributed by atoms with Gasteiger partial charge in [0.1, 0.15) is 6.09 Å². The average molecular weight is 494 g/mol. The zero-order chi connectivity index (χ0) is 25.8. The van der Waals surface area contributed by atoms with Crippen molar-refractivity contribution in [3.05, 3.63) is 89.2 Å². The smallest absolute Gasteiger partial charge is 0.416 e. The number of piperidine rings is 1. The van der Waals surface area contributed by atoms with E-state index in [0.717, 1.165) is 17.7 Å². The standard InChI is InChI=1S/C27H24F3N3O3/c28-27(29,30)24-14-20(13-22(15-24)21-3-1-19(16-31)2-4-21)17-36-18-26(23-5-9-32-10-6-23)7-11-33(12-8-26)25(34)35/h1-6,9-10,13-15H,7-8,11-12,17-18H2,(H,34,35)/p-1. The number of hydrogen-bond donors (Lipinski definition) is 0. The Bertz CT molecular complexity index is 1250. The third kappa shape index (κ3) is 5.66. The van der Waals surface area contributed by atoms with Gasteiger partial charge in [-0.15, -0.1) is 0 Å². The molecule has 0 saturated carbocycles. The van der Waals surface area contributed by atoms with E-state index in [2.05, 4.69) is 4.98 Å². The van der Waals surface area contributed by atoms with Gasteiger partial charge < -0.3 is 19.5 Å². The molecule has 0 N–H and O–H groups in total. The predicted molar refractivity (Wildman–Crippen MR) is 123 cm³/mol. The molecule has 0 bridgehead atoms. The summed E-state index contributed by atoms with van der Waals surface area (Å²) in [6.07, 6.45) is -1.47. The Morgan fingerprint density at radius 1 is 1.06 bits per heavy atom. The number of ether oxygens (including phenoxy) is 1. The molecule has 0 atom stereocenters. The number of nitrogens with zero attached hydrogens (tertiary/aromatic N) is 3. The molecule has 0 spiro atoms. The van der Waals surface area contributed by atoms with E-state index in [-0.39, 0.29) is 26.3 Å². The molecule has 1 fully saturated rings. The Hall–Kier alpha value is -3.90. The first-order chi connectivity index (χ1) is 17.2. The molecule has 1 aromatic heterocycles. The van der Waals surface area contributed by atoms with Crippen molar-refractivity contribution in [2.75, 3.05) is 19.7 Å². The maximum Gasteiger partial charge on any atom is 0.416 e. The molecule has 1 aliphatic heterocycles.